The number of carbonyl (C=O) groups excluding carboxylic acids is 2. The number of benzene rings is 1. The van der Waals surface area contributed by atoms with Gasteiger partial charge in [-0.25, -0.2) is 8.42 Å². The smallest absolute Gasteiger partial charge is 0.291 e. The molecule has 2 amide bonds. The van der Waals surface area contributed by atoms with Crippen molar-refractivity contribution < 1.29 is 22.4 Å². The van der Waals surface area contributed by atoms with E-state index in [-0.39, 0.29) is 29.2 Å². The Balaban J connectivity index is 1.51. The molecular weight excluding hydrogens is 456 g/mol. The van der Waals surface area contributed by atoms with Gasteiger partial charge in [0.25, 0.3) is 11.8 Å². The Labute approximate surface area is 198 Å². The van der Waals surface area contributed by atoms with E-state index < -0.39 is 15.7 Å². The van der Waals surface area contributed by atoms with Crippen LogP contribution in [0.4, 0.5) is 5.69 Å². The number of sulfone groups is 1. The molecule has 9 nitrogen and oxygen atoms in total. The summed E-state index contributed by atoms with van der Waals surface area (Å²) in [6.07, 6.45) is 1.98. The van der Waals surface area contributed by atoms with E-state index in [1.807, 2.05) is 20.8 Å². The molecule has 1 atom stereocenters. The van der Waals surface area contributed by atoms with Crippen LogP contribution in [0.5, 0.6) is 0 Å². The molecule has 0 bridgehead atoms. The zero-order valence-electron chi connectivity index (χ0n) is 19.7. The number of hydrogen-bond acceptors (Lipinski definition) is 6. The maximum absolute atomic E-state index is 13.2. The van der Waals surface area contributed by atoms with Gasteiger partial charge >= 0.3 is 0 Å². The molecule has 3 aromatic rings. The summed E-state index contributed by atoms with van der Waals surface area (Å²) >= 11 is 0. The minimum absolute atomic E-state index is 0.0963. The van der Waals surface area contributed by atoms with Gasteiger partial charge in [0, 0.05) is 36.1 Å². The zero-order valence-corrected chi connectivity index (χ0v) is 20.5. The maximum Gasteiger partial charge on any atom is 0.291 e. The number of amides is 2. The molecule has 34 heavy (non-hydrogen) atoms. The monoisotopic (exact) mass is 484 g/mol. The number of anilines is 1. The average Bonchev–Trinajstić information content (AvgIpc) is 3.51. The molecule has 1 fully saturated rings. The molecular formula is C24H28N4O5S. The first kappa shape index (κ1) is 23.7. The Kier molecular flexibility index (Phi) is 6.35. The largest absolute Gasteiger partial charge is 0.459 e. The lowest BCUT2D eigenvalue weighted by Crippen LogP contribution is -2.27. The Morgan fingerprint density at radius 1 is 1.24 bits per heavy atom. The first-order valence-corrected chi connectivity index (χ1v) is 12.8. The highest BCUT2D eigenvalue weighted by Gasteiger charge is 2.31. The van der Waals surface area contributed by atoms with Gasteiger partial charge in [-0.1, -0.05) is 6.07 Å². The van der Waals surface area contributed by atoms with E-state index in [0.29, 0.717) is 24.2 Å². The number of hydrogen-bond donors (Lipinski definition) is 1. The average molecular weight is 485 g/mol. The Morgan fingerprint density at radius 3 is 2.65 bits per heavy atom. The number of rotatable bonds is 6. The van der Waals surface area contributed by atoms with Gasteiger partial charge in [0.1, 0.15) is 0 Å². The van der Waals surface area contributed by atoms with Crippen LogP contribution in [0.3, 0.4) is 0 Å². The van der Waals surface area contributed by atoms with Gasteiger partial charge in [-0.2, -0.15) is 5.10 Å². The number of aryl methyl sites for hydroxylation is 2. The molecule has 0 spiro atoms. The van der Waals surface area contributed by atoms with E-state index in [0.717, 1.165) is 22.5 Å². The van der Waals surface area contributed by atoms with Crippen molar-refractivity contribution in [2.75, 3.05) is 23.9 Å². The fourth-order valence-corrected chi connectivity index (χ4v) is 5.95. The van der Waals surface area contributed by atoms with Crippen molar-refractivity contribution in [1.82, 2.24) is 14.7 Å². The summed E-state index contributed by atoms with van der Waals surface area (Å²) in [4.78, 5) is 27.1. The molecule has 2 aromatic heterocycles. The summed E-state index contributed by atoms with van der Waals surface area (Å²) < 4.78 is 30.7. The number of nitrogens with zero attached hydrogens (tertiary/aromatic N) is 3. The van der Waals surface area contributed by atoms with Gasteiger partial charge in [-0.05, 0) is 57.0 Å². The number of aromatic nitrogens is 2. The summed E-state index contributed by atoms with van der Waals surface area (Å²) in [6.45, 7) is 5.96. The van der Waals surface area contributed by atoms with E-state index in [1.54, 1.807) is 47.0 Å². The molecule has 4 rings (SSSR count). The van der Waals surface area contributed by atoms with Crippen molar-refractivity contribution in [3.05, 3.63) is 70.4 Å². The van der Waals surface area contributed by atoms with Gasteiger partial charge in [-0.15, -0.1) is 0 Å². The second-order valence-electron chi connectivity index (χ2n) is 8.77. The molecule has 1 N–H and O–H groups in total. The summed E-state index contributed by atoms with van der Waals surface area (Å²) in [6, 6.07) is 8.20. The minimum Gasteiger partial charge on any atom is -0.459 e. The molecule has 10 heteroatoms. The Bertz CT molecular complexity index is 1340. The third-order valence-corrected chi connectivity index (χ3v) is 8.00. The Morgan fingerprint density at radius 2 is 2.00 bits per heavy atom. The van der Waals surface area contributed by atoms with Crippen molar-refractivity contribution in [2.24, 2.45) is 0 Å². The quantitative estimate of drug-likeness (QED) is 0.574. The summed E-state index contributed by atoms with van der Waals surface area (Å²) in [5, 5.41) is 7.37. The molecule has 1 aliphatic rings. The molecule has 1 saturated heterocycles. The van der Waals surface area contributed by atoms with Gasteiger partial charge in [-0.3, -0.25) is 14.3 Å². The highest BCUT2D eigenvalue weighted by atomic mass is 32.2. The van der Waals surface area contributed by atoms with Gasteiger partial charge < -0.3 is 14.6 Å². The molecule has 1 aromatic carbocycles. The van der Waals surface area contributed by atoms with Crippen LogP contribution in [-0.2, 0) is 16.4 Å². The van der Waals surface area contributed by atoms with E-state index in [4.69, 9.17) is 4.42 Å². The van der Waals surface area contributed by atoms with Gasteiger partial charge in [0.05, 0.1) is 29.5 Å². The van der Waals surface area contributed by atoms with Crippen LogP contribution >= 0.6 is 0 Å². The molecule has 3 heterocycles. The van der Waals surface area contributed by atoms with Crippen LogP contribution in [0.1, 0.15) is 55.9 Å². The lowest BCUT2D eigenvalue weighted by molar-refractivity contribution is 0.0784. The van der Waals surface area contributed by atoms with Crippen LogP contribution in [-0.4, -0.2) is 53.5 Å². The van der Waals surface area contributed by atoms with Crippen molar-refractivity contribution in [1.29, 1.82) is 0 Å². The van der Waals surface area contributed by atoms with E-state index >= 15 is 0 Å². The predicted octanol–water partition coefficient (Wildman–Crippen LogP) is 3.29. The van der Waals surface area contributed by atoms with Crippen LogP contribution < -0.4 is 5.32 Å². The van der Waals surface area contributed by atoms with Gasteiger partial charge in [0.2, 0.25) is 0 Å². The van der Waals surface area contributed by atoms with Crippen molar-refractivity contribution in [3.63, 3.8) is 0 Å². The first-order chi connectivity index (χ1) is 16.1. The van der Waals surface area contributed by atoms with Crippen LogP contribution in [0.2, 0.25) is 0 Å². The highest BCUT2D eigenvalue weighted by molar-refractivity contribution is 7.91. The molecule has 0 unspecified atom stereocenters. The molecule has 0 radical (unpaired) electrons. The molecule has 0 saturated carbocycles. The van der Waals surface area contributed by atoms with Crippen LogP contribution in [0, 0.1) is 20.8 Å². The summed E-state index contributed by atoms with van der Waals surface area (Å²) in [7, 11) is -1.32. The highest BCUT2D eigenvalue weighted by Crippen LogP contribution is 2.27. The second-order valence-corrected chi connectivity index (χ2v) is 11.0. The standard InChI is InChI=1S/C24H28N4O5S/c1-15-7-8-18(12-21(15)25-23(29)22-6-5-10-33-22)24(30)27(4)13-20-16(2)26-28(17(20)3)19-9-11-34(31,32)14-19/h5-8,10,12,19H,9,11,13-14H2,1-4H3,(H,25,29)/t19-/m1/s1. The third-order valence-electron chi connectivity index (χ3n) is 6.25. The van der Waals surface area contributed by atoms with E-state index in [1.165, 1.54) is 6.26 Å². The lowest BCUT2D eigenvalue weighted by atomic mass is 10.1. The maximum atomic E-state index is 13.2. The summed E-state index contributed by atoms with van der Waals surface area (Å²) in [5.41, 5.74) is 4.33. The van der Waals surface area contributed by atoms with Crippen LogP contribution in [0.15, 0.2) is 41.0 Å². The third kappa shape index (κ3) is 4.77. The number of carbonyl (C=O) groups is 2. The van der Waals surface area contributed by atoms with Crippen molar-refractivity contribution >= 4 is 27.3 Å². The topological polar surface area (TPSA) is 115 Å². The number of furan rings is 1. The minimum atomic E-state index is -3.03. The molecule has 180 valence electrons. The van der Waals surface area contributed by atoms with Crippen molar-refractivity contribution in [2.45, 2.75) is 39.8 Å². The Hall–Kier alpha value is -3.40. The lowest BCUT2D eigenvalue weighted by Gasteiger charge is -2.19. The number of nitrogens with one attached hydrogen (secondary N) is 1. The zero-order chi connectivity index (χ0) is 24.6. The predicted molar refractivity (Wildman–Crippen MR) is 128 cm³/mol. The van der Waals surface area contributed by atoms with Crippen molar-refractivity contribution in [3.8, 4) is 0 Å². The fraction of sp³-hybridized carbons (Fsp3) is 0.375. The second kappa shape index (κ2) is 9.09. The van der Waals surface area contributed by atoms with Crippen LogP contribution in [0.25, 0.3) is 0 Å². The molecule has 0 aliphatic carbocycles. The normalized spacial score (nSPS) is 17.0. The summed E-state index contributed by atoms with van der Waals surface area (Å²) in [5.74, 6) is -0.136. The fourth-order valence-electron chi connectivity index (χ4n) is 4.26. The molecule has 1 aliphatic heterocycles. The van der Waals surface area contributed by atoms with E-state index in [9.17, 15) is 18.0 Å². The van der Waals surface area contributed by atoms with E-state index in [2.05, 4.69) is 10.4 Å². The first-order valence-electron chi connectivity index (χ1n) is 11.0. The SMILES string of the molecule is Cc1ccc(C(=O)N(C)Cc2c(C)nn([C@@H]3CCS(=O)(=O)C3)c2C)cc1NC(=O)c1ccco1. The van der Waals surface area contributed by atoms with Gasteiger partial charge in [0.15, 0.2) is 15.6 Å².